The summed E-state index contributed by atoms with van der Waals surface area (Å²) in [5.74, 6) is -3.16. The van der Waals surface area contributed by atoms with Crippen molar-refractivity contribution >= 4 is 15.7 Å². The van der Waals surface area contributed by atoms with Crippen LogP contribution in [-0.4, -0.2) is 31.5 Å². The highest BCUT2D eigenvalue weighted by atomic mass is 32.2. The molecule has 0 amide bonds. The number of hydrogen-bond donors (Lipinski definition) is 1. The first-order chi connectivity index (χ1) is 16.3. The van der Waals surface area contributed by atoms with Crippen LogP contribution < -0.4 is 19.8 Å². The molecule has 188 valence electrons. The van der Waals surface area contributed by atoms with E-state index in [0.29, 0.717) is 6.07 Å². The molecule has 0 aliphatic carbocycles. The molecular formula is C22H19F5N2O5S. The van der Waals surface area contributed by atoms with Crippen molar-refractivity contribution in [1.29, 1.82) is 0 Å². The second-order valence-corrected chi connectivity index (χ2v) is 9.32. The molecule has 0 saturated carbocycles. The summed E-state index contributed by atoms with van der Waals surface area (Å²) in [4.78, 5) is 12.3. The summed E-state index contributed by atoms with van der Waals surface area (Å²) >= 11 is 0. The predicted octanol–water partition coefficient (Wildman–Crippen LogP) is 4.83. The van der Waals surface area contributed by atoms with Crippen molar-refractivity contribution in [3.63, 3.8) is 0 Å². The molecule has 7 nitrogen and oxygen atoms in total. The van der Waals surface area contributed by atoms with Gasteiger partial charge in [-0.05, 0) is 43.3 Å². The Morgan fingerprint density at radius 2 is 1.69 bits per heavy atom. The topological polar surface area (TPSA) is 86.6 Å². The minimum absolute atomic E-state index is 0.0598. The minimum Gasteiger partial charge on any atom is -0.478 e. The van der Waals surface area contributed by atoms with Gasteiger partial charge in [0.15, 0.2) is 23.9 Å². The summed E-state index contributed by atoms with van der Waals surface area (Å²) in [5, 5.41) is 0. The second-order valence-electron chi connectivity index (χ2n) is 7.31. The van der Waals surface area contributed by atoms with E-state index in [-0.39, 0.29) is 34.1 Å². The molecule has 1 heterocycles. The van der Waals surface area contributed by atoms with Gasteiger partial charge in [-0.15, -0.1) is 0 Å². The fraction of sp³-hybridized carbons (Fsp3) is 0.227. The number of anilines is 1. The molecule has 0 bridgehead atoms. The Kier molecular flexibility index (Phi) is 7.38. The van der Waals surface area contributed by atoms with Crippen molar-refractivity contribution in [2.24, 2.45) is 7.05 Å². The van der Waals surface area contributed by atoms with Crippen LogP contribution in [0.4, 0.5) is 27.6 Å². The number of rotatable bonds is 8. The molecule has 3 rings (SSSR count). The van der Waals surface area contributed by atoms with Crippen molar-refractivity contribution in [2.75, 3.05) is 17.1 Å². The van der Waals surface area contributed by atoms with Gasteiger partial charge in [0.05, 0.1) is 5.75 Å². The Bertz CT molecular complexity index is 1400. The van der Waals surface area contributed by atoms with Crippen LogP contribution in [0.25, 0.3) is 11.1 Å². The van der Waals surface area contributed by atoms with Gasteiger partial charge in [-0.2, -0.15) is 13.2 Å². The van der Waals surface area contributed by atoms with Crippen LogP contribution >= 0.6 is 0 Å². The van der Waals surface area contributed by atoms with Gasteiger partial charge in [0.25, 0.3) is 5.56 Å². The van der Waals surface area contributed by atoms with Crippen LogP contribution in [0.1, 0.15) is 6.92 Å². The summed E-state index contributed by atoms with van der Waals surface area (Å²) < 4.78 is 103. The lowest BCUT2D eigenvalue weighted by Crippen LogP contribution is -2.25. The van der Waals surface area contributed by atoms with Crippen LogP contribution in [0, 0.1) is 11.6 Å². The Labute approximate surface area is 196 Å². The summed E-state index contributed by atoms with van der Waals surface area (Å²) in [6.45, 7) is -0.304. The van der Waals surface area contributed by atoms with Crippen molar-refractivity contribution in [2.45, 2.75) is 13.1 Å². The van der Waals surface area contributed by atoms with Gasteiger partial charge in [0, 0.05) is 36.1 Å². The molecular weight excluding hydrogens is 499 g/mol. The van der Waals surface area contributed by atoms with Crippen LogP contribution in [0.15, 0.2) is 53.5 Å². The third-order valence-corrected chi connectivity index (χ3v) is 5.91. The monoisotopic (exact) mass is 518 g/mol. The third kappa shape index (κ3) is 6.72. The lowest BCUT2D eigenvalue weighted by atomic mass is 10.1. The first-order valence-corrected chi connectivity index (χ1v) is 11.6. The van der Waals surface area contributed by atoms with Crippen LogP contribution in [0.5, 0.6) is 17.2 Å². The molecule has 1 N–H and O–H groups in total. The molecule has 13 heteroatoms. The standard InChI is InChI=1S/C22H19F5N2O5S/c1-3-35(31,32)28-15-5-7-18(34-19-6-4-14(23)9-17(19)24)16(10-15)13-8-20(21(30)29(2)11-13)33-12-22(25,26)27/h4-11,28H,3,12H2,1-2H3. The fourth-order valence-corrected chi connectivity index (χ4v) is 3.56. The van der Waals surface area contributed by atoms with Crippen molar-refractivity contribution in [3.8, 4) is 28.4 Å². The number of benzene rings is 2. The van der Waals surface area contributed by atoms with E-state index in [4.69, 9.17) is 4.74 Å². The lowest BCUT2D eigenvalue weighted by Gasteiger charge is -2.16. The summed E-state index contributed by atoms with van der Waals surface area (Å²) in [6, 6.07) is 7.49. The fourth-order valence-electron chi connectivity index (χ4n) is 2.93. The zero-order chi connectivity index (χ0) is 26.0. The number of halogens is 5. The van der Waals surface area contributed by atoms with Crippen molar-refractivity contribution < 1.29 is 39.8 Å². The highest BCUT2D eigenvalue weighted by Gasteiger charge is 2.29. The molecule has 0 aliphatic rings. The van der Waals surface area contributed by atoms with Gasteiger partial charge < -0.3 is 14.0 Å². The summed E-state index contributed by atoms with van der Waals surface area (Å²) in [7, 11) is -2.43. The SMILES string of the molecule is CCS(=O)(=O)Nc1ccc(Oc2ccc(F)cc2F)c(-c2cc(OCC(F)(F)F)c(=O)n(C)c2)c1. The van der Waals surface area contributed by atoms with E-state index in [1.54, 1.807) is 0 Å². The molecule has 35 heavy (non-hydrogen) atoms. The number of ether oxygens (including phenoxy) is 2. The largest absolute Gasteiger partial charge is 0.478 e. The Balaban J connectivity index is 2.14. The molecule has 3 aromatic rings. The average molecular weight is 518 g/mol. The van der Waals surface area contributed by atoms with E-state index >= 15 is 0 Å². The van der Waals surface area contributed by atoms with Gasteiger partial charge >= 0.3 is 6.18 Å². The maximum atomic E-state index is 14.2. The average Bonchev–Trinajstić information content (AvgIpc) is 2.76. The lowest BCUT2D eigenvalue weighted by molar-refractivity contribution is -0.153. The van der Waals surface area contributed by atoms with Crippen molar-refractivity contribution in [3.05, 3.63) is 70.6 Å². The van der Waals surface area contributed by atoms with Crippen LogP contribution in [0.3, 0.4) is 0 Å². The second kappa shape index (κ2) is 9.94. The van der Waals surface area contributed by atoms with E-state index in [0.717, 1.165) is 22.8 Å². The first kappa shape index (κ1) is 26.0. The zero-order valence-corrected chi connectivity index (χ0v) is 19.1. The number of hydrogen-bond acceptors (Lipinski definition) is 5. The molecule has 1 aromatic heterocycles. The molecule has 0 radical (unpaired) electrons. The number of sulfonamides is 1. The molecule has 0 unspecified atom stereocenters. The van der Waals surface area contributed by atoms with Gasteiger partial charge in [-0.3, -0.25) is 9.52 Å². The highest BCUT2D eigenvalue weighted by molar-refractivity contribution is 7.92. The maximum Gasteiger partial charge on any atom is 0.422 e. The predicted molar refractivity (Wildman–Crippen MR) is 118 cm³/mol. The highest BCUT2D eigenvalue weighted by Crippen LogP contribution is 2.37. The van der Waals surface area contributed by atoms with E-state index in [9.17, 15) is 35.2 Å². The molecule has 0 aliphatic heterocycles. The Morgan fingerprint density at radius 3 is 2.31 bits per heavy atom. The number of nitrogens with zero attached hydrogens (tertiary/aromatic N) is 1. The van der Waals surface area contributed by atoms with Gasteiger partial charge in [-0.25, -0.2) is 17.2 Å². The third-order valence-electron chi connectivity index (χ3n) is 4.60. The number of nitrogens with one attached hydrogen (secondary N) is 1. The Morgan fingerprint density at radius 1 is 1.00 bits per heavy atom. The molecule has 0 saturated heterocycles. The quantitative estimate of drug-likeness (QED) is 0.432. The molecule has 0 fully saturated rings. The van der Waals surface area contributed by atoms with E-state index in [1.165, 1.54) is 38.4 Å². The summed E-state index contributed by atoms with van der Waals surface area (Å²) in [6.07, 6.45) is -3.45. The number of pyridine rings is 1. The zero-order valence-electron chi connectivity index (χ0n) is 18.3. The van der Waals surface area contributed by atoms with Crippen molar-refractivity contribution in [1.82, 2.24) is 4.57 Å². The van der Waals surface area contributed by atoms with Crippen LogP contribution in [0.2, 0.25) is 0 Å². The van der Waals surface area contributed by atoms with E-state index in [2.05, 4.69) is 9.46 Å². The Hall–Kier alpha value is -3.61. The number of aryl methyl sites for hydroxylation is 1. The molecule has 0 atom stereocenters. The number of alkyl halides is 3. The first-order valence-electron chi connectivity index (χ1n) is 9.96. The minimum atomic E-state index is -4.70. The van der Waals surface area contributed by atoms with E-state index < -0.39 is 45.7 Å². The van der Waals surface area contributed by atoms with Gasteiger partial charge in [-0.1, -0.05) is 0 Å². The maximum absolute atomic E-state index is 14.2. The molecule has 0 spiro atoms. The van der Waals surface area contributed by atoms with E-state index in [1.807, 2.05) is 0 Å². The van der Waals surface area contributed by atoms with Gasteiger partial charge in [0.1, 0.15) is 11.6 Å². The van der Waals surface area contributed by atoms with Gasteiger partial charge in [0.2, 0.25) is 10.0 Å². The normalized spacial score (nSPS) is 11.9. The summed E-state index contributed by atoms with van der Waals surface area (Å²) in [5.41, 5.74) is -0.606. The smallest absolute Gasteiger partial charge is 0.422 e. The molecule has 2 aromatic carbocycles. The number of aromatic nitrogens is 1. The van der Waals surface area contributed by atoms with Crippen LogP contribution in [-0.2, 0) is 17.1 Å².